The Labute approximate surface area is 106 Å². The summed E-state index contributed by atoms with van der Waals surface area (Å²) in [4.78, 5) is 8.30. The Kier molecular flexibility index (Phi) is 3.43. The Morgan fingerprint density at radius 1 is 1.22 bits per heavy atom. The maximum absolute atomic E-state index is 5.40. The first kappa shape index (κ1) is 12.3. The second kappa shape index (κ2) is 5.01. The largest absolute Gasteiger partial charge is 0.496 e. The van der Waals surface area contributed by atoms with Crippen LogP contribution >= 0.6 is 0 Å². The highest BCUT2D eigenvalue weighted by Crippen LogP contribution is 2.31. The van der Waals surface area contributed by atoms with Crippen LogP contribution in [0.15, 0.2) is 24.4 Å². The second-order valence-electron chi connectivity index (χ2n) is 4.05. The number of hydrazine groups is 1. The molecule has 0 bridgehead atoms. The van der Waals surface area contributed by atoms with Gasteiger partial charge in [-0.3, -0.25) is 5.43 Å². The molecule has 0 fully saturated rings. The predicted octanol–water partition coefficient (Wildman–Crippen LogP) is 2.05. The molecule has 18 heavy (non-hydrogen) atoms. The Morgan fingerprint density at radius 2 is 1.94 bits per heavy atom. The summed E-state index contributed by atoms with van der Waals surface area (Å²) >= 11 is 0. The maximum Gasteiger partial charge on any atom is 0.237 e. The number of rotatable bonds is 3. The summed E-state index contributed by atoms with van der Waals surface area (Å²) in [7, 11) is 1.65. The second-order valence-corrected chi connectivity index (χ2v) is 4.05. The van der Waals surface area contributed by atoms with Gasteiger partial charge in [-0.15, -0.1) is 0 Å². The van der Waals surface area contributed by atoms with E-state index in [4.69, 9.17) is 10.6 Å². The van der Waals surface area contributed by atoms with Gasteiger partial charge in [-0.05, 0) is 43.2 Å². The van der Waals surface area contributed by atoms with Crippen molar-refractivity contribution in [1.29, 1.82) is 0 Å². The first-order valence-electron chi connectivity index (χ1n) is 5.61. The quantitative estimate of drug-likeness (QED) is 0.638. The number of aryl methyl sites for hydroxylation is 2. The van der Waals surface area contributed by atoms with Crippen molar-refractivity contribution in [3.05, 3.63) is 35.5 Å². The highest BCUT2D eigenvalue weighted by atomic mass is 16.5. The molecular formula is C13H16N4O. The molecule has 1 aromatic heterocycles. The molecule has 5 heteroatoms. The highest BCUT2D eigenvalue weighted by molar-refractivity contribution is 5.69. The lowest BCUT2D eigenvalue weighted by atomic mass is 10.0. The van der Waals surface area contributed by atoms with Gasteiger partial charge in [0.15, 0.2) is 0 Å². The number of hydrogen-bond donors (Lipinski definition) is 2. The smallest absolute Gasteiger partial charge is 0.237 e. The molecule has 2 rings (SSSR count). The minimum atomic E-state index is 0.382. The van der Waals surface area contributed by atoms with Crippen LogP contribution in [0, 0.1) is 13.8 Å². The molecule has 0 amide bonds. The van der Waals surface area contributed by atoms with Gasteiger partial charge in [0.1, 0.15) is 5.75 Å². The third-order valence-corrected chi connectivity index (χ3v) is 2.88. The lowest BCUT2D eigenvalue weighted by Crippen LogP contribution is -2.10. The van der Waals surface area contributed by atoms with Crippen LogP contribution in [-0.4, -0.2) is 17.1 Å². The average Bonchev–Trinajstić information content (AvgIpc) is 2.41. The van der Waals surface area contributed by atoms with E-state index in [0.717, 1.165) is 17.0 Å². The molecule has 0 aliphatic heterocycles. The zero-order chi connectivity index (χ0) is 13.1. The molecule has 0 saturated carbocycles. The number of hydrogen-bond acceptors (Lipinski definition) is 5. The lowest BCUT2D eigenvalue weighted by Gasteiger charge is -2.11. The predicted molar refractivity (Wildman–Crippen MR) is 71.3 cm³/mol. The van der Waals surface area contributed by atoms with Crippen LogP contribution in [0.5, 0.6) is 5.75 Å². The summed E-state index contributed by atoms with van der Waals surface area (Å²) in [5, 5.41) is 0. The molecule has 0 aliphatic rings. The first-order chi connectivity index (χ1) is 8.65. The van der Waals surface area contributed by atoms with Gasteiger partial charge in [0.2, 0.25) is 5.95 Å². The number of anilines is 1. The fraction of sp³-hybridized carbons (Fsp3) is 0.231. The Bertz CT molecular complexity index is 569. The minimum absolute atomic E-state index is 0.382. The van der Waals surface area contributed by atoms with Crippen molar-refractivity contribution in [2.24, 2.45) is 5.84 Å². The molecule has 0 aliphatic carbocycles. The van der Waals surface area contributed by atoms with E-state index in [0.29, 0.717) is 5.95 Å². The summed E-state index contributed by atoms with van der Waals surface area (Å²) in [6.45, 7) is 4.11. The van der Waals surface area contributed by atoms with E-state index >= 15 is 0 Å². The van der Waals surface area contributed by atoms with E-state index in [1.165, 1.54) is 11.1 Å². The van der Waals surface area contributed by atoms with E-state index in [2.05, 4.69) is 35.3 Å². The van der Waals surface area contributed by atoms with Gasteiger partial charge in [-0.25, -0.2) is 15.8 Å². The first-order valence-corrected chi connectivity index (χ1v) is 5.61. The topological polar surface area (TPSA) is 73.1 Å². The van der Waals surface area contributed by atoms with Gasteiger partial charge in [0.25, 0.3) is 0 Å². The van der Waals surface area contributed by atoms with Gasteiger partial charge >= 0.3 is 0 Å². The number of nitrogens with zero attached hydrogens (tertiary/aromatic N) is 2. The summed E-state index contributed by atoms with van der Waals surface area (Å²) in [6, 6.07) is 5.88. The lowest BCUT2D eigenvalue weighted by molar-refractivity contribution is 0.416. The Balaban J connectivity index is 2.58. The van der Waals surface area contributed by atoms with E-state index in [-0.39, 0.29) is 0 Å². The van der Waals surface area contributed by atoms with Crippen molar-refractivity contribution in [1.82, 2.24) is 9.97 Å². The molecular weight excluding hydrogens is 228 g/mol. The van der Waals surface area contributed by atoms with Crippen LogP contribution in [0.2, 0.25) is 0 Å². The van der Waals surface area contributed by atoms with Crippen LogP contribution < -0.4 is 16.0 Å². The molecule has 1 heterocycles. The Morgan fingerprint density at radius 3 is 2.61 bits per heavy atom. The molecule has 0 radical (unpaired) electrons. The van der Waals surface area contributed by atoms with E-state index in [1.54, 1.807) is 13.3 Å². The minimum Gasteiger partial charge on any atom is -0.496 e. The molecule has 1 aromatic carbocycles. The van der Waals surface area contributed by atoms with Gasteiger partial charge < -0.3 is 4.74 Å². The Hall–Kier alpha value is -2.14. The van der Waals surface area contributed by atoms with Crippen molar-refractivity contribution in [3.63, 3.8) is 0 Å². The van der Waals surface area contributed by atoms with Gasteiger partial charge in [0.05, 0.1) is 12.8 Å². The average molecular weight is 244 g/mol. The van der Waals surface area contributed by atoms with Crippen LogP contribution in [0.1, 0.15) is 11.1 Å². The van der Waals surface area contributed by atoms with E-state index < -0.39 is 0 Å². The number of nitrogens with one attached hydrogen (secondary N) is 1. The zero-order valence-electron chi connectivity index (χ0n) is 10.7. The monoisotopic (exact) mass is 244 g/mol. The SMILES string of the molecule is COc1cc(C)c(C)cc1-c1ccnc(NN)n1. The van der Waals surface area contributed by atoms with Crippen LogP contribution in [-0.2, 0) is 0 Å². The molecule has 5 nitrogen and oxygen atoms in total. The number of nitrogens with two attached hydrogens (primary N) is 1. The fourth-order valence-electron chi connectivity index (χ4n) is 1.74. The highest BCUT2D eigenvalue weighted by Gasteiger charge is 2.10. The molecule has 94 valence electrons. The third-order valence-electron chi connectivity index (χ3n) is 2.88. The molecule has 0 saturated heterocycles. The fourth-order valence-corrected chi connectivity index (χ4v) is 1.74. The van der Waals surface area contributed by atoms with Crippen LogP contribution in [0.4, 0.5) is 5.95 Å². The van der Waals surface area contributed by atoms with Crippen molar-refractivity contribution in [2.75, 3.05) is 12.5 Å². The molecule has 0 atom stereocenters. The molecule has 0 unspecified atom stereocenters. The molecule has 0 spiro atoms. The maximum atomic E-state index is 5.40. The molecule has 3 N–H and O–H groups in total. The number of aromatic nitrogens is 2. The number of ether oxygens (including phenoxy) is 1. The summed E-state index contributed by atoms with van der Waals surface area (Å²) < 4.78 is 5.40. The van der Waals surface area contributed by atoms with Gasteiger partial charge in [0, 0.05) is 11.8 Å². The number of nitrogen functional groups attached to an aromatic ring is 1. The van der Waals surface area contributed by atoms with Crippen molar-refractivity contribution < 1.29 is 4.74 Å². The molecule has 2 aromatic rings. The van der Waals surface area contributed by atoms with E-state index in [9.17, 15) is 0 Å². The summed E-state index contributed by atoms with van der Waals surface area (Å²) in [5.74, 6) is 6.49. The summed E-state index contributed by atoms with van der Waals surface area (Å²) in [5.41, 5.74) is 6.51. The number of methoxy groups -OCH3 is 1. The van der Waals surface area contributed by atoms with E-state index in [1.807, 2.05) is 12.1 Å². The normalized spacial score (nSPS) is 10.2. The van der Waals surface area contributed by atoms with Gasteiger partial charge in [-0.2, -0.15) is 0 Å². The summed E-state index contributed by atoms with van der Waals surface area (Å²) in [6.07, 6.45) is 1.66. The standard InChI is InChI=1S/C13H16N4O/c1-8-6-10(12(18-3)7-9(8)2)11-4-5-15-13(16-11)17-14/h4-7H,14H2,1-3H3,(H,15,16,17). The van der Waals surface area contributed by atoms with Crippen molar-refractivity contribution in [3.8, 4) is 17.0 Å². The third kappa shape index (κ3) is 2.26. The van der Waals surface area contributed by atoms with Crippen LogP contribution in [0.3, 0.4) is 0 Å². The van der Waals surface area contributed by atoms with Crippen molar-refractivity contribution in [2.45, 2.75) is 13.8 Å². The van der Waals surface area contributed by atoms with Crippen molar-refractivity contribution >= 4 is 5.95 Å². The van der Waals surface area contributed by atoms with Crippen LogP contribution in [0.25, 0.3) is 11.3 Å². The zero-order valence-corrected chi connectivity index (χ0v) is 10.7. The number of benzene rings is 1. The van der Waals surface area contributed by atoms with Gasteiger partial charge in [-0.1, -0.05) is 0 Å².